The standard InChI is InChI=1S/C28H34N4O4/c1-36-23-6-4-5-21(17-23)18-30-13-15-31(16-14-30)26(33)22-11-9-20(10-12-22)19-32-27(34)24-7-2-3-8-25(24)29-28(32)35/h2-8,17,20,22H,9-16,18-19H2,1H3,(H,29,35)/t20-,22-. The van der Waals surface area contributed by atoms with E-state index in [1.54, 1.807) is 25.3 Å². The molecule has 5 rings (SSSR count). The molecule has 0 spiro atoms. The molecule has 190 valence electrons. The number of nitrogens with one attached hydrogen (secondary N) is 1. The Bertz CT molecular complexity index is 1330. The highest BCUT2D eigenvalue weighted by Crippen LogP contribution is 2.31. The number of amides is 1. The second kappa shape index (κ2) is 10.7. The molecule has 2 fully saturated rings. The van der Waals surface area contributed by atoms with Gasteiger partial charge in [0.1, 0.15) is 5.75 Å². The number of fused-ring (bicyclic) bond motifs is 1. The molecule has 1 aromatic heterocycles. The maximum Gasteiger partial charge on any atom is 0.328 e. The molecule has 2 heterocycles. The van der Waals surface area contributed by atoms with E-state index >= 15 is 0 Å². The summed E-state index contributed by atoms with van der Waals surface area (Å²) in [5, 5.41) is 0.534. The Morgan fingerprint density at radius 2 is 1.72 bits per heavy atom. The molecule has 1 amide bonds. The topological polar surface area (TPSA) is 87.6 Å². The number of piperazine rings is 1. The van der Waals surface area contributed by atoms with Crippen molar-refractivity contribution in [1.82, 2.24) is 19.4 Å². The Balaban J connectivity index is 1.12. The van der Waals surface area contributed by atoms with Gasteiger partial charge in [-0.25, -0.2) is 4.79 Å². The van der Waals surface area contributed by atoms with Crippen LogP contribution in [0.2, 0.25) is 0 Å². The van der Waals surface area contributed by atoms with Crippen molar-refractivity contribution in [3.05, 3.63) is 74.9 Å². The largest absolute Gasteiger partial charge is 0.497 e. The quantitative estimate of drug-likeness (QED) is 0.574. The van der Waals surface area contributed by atoms with E-state index in [2.05, 4.69) is 22.0 Å². The molecule has 36 heavy (non-hydrogen) atoms. The fourth-order valence-corrected chi connectivity index (χ4v) is 5.63. The highest BCUT2D eigenvalue weighted by atomic mass is 16.5. The lowest BCUT2D eigenvalue weighted by Crippen LogP contribution is -2.50. The van der Waals surface area contributed by atoms with E-state index in [1.165, 1.54) is 10.1 Å². The van der Waals surface area contributed by atoms with Gasteiger partial charge in [0.05, 0.1) is 18.0 Å². The number of aromatic amines is 1. The van der Waals surface area contributed by atoms with Crippen LogP contribution in [0.15, 0.2) is 58.1 Å². The molecule has 2 aliphatic rings. The van der Waals surface area contributed by atoms with Gasteiger partial charge in [0.15, 0.2) is 0 Å². The summed E-state index contributed by atoms with van der Waals surface area (Å²) in [5.41, 5.74) is 1.20. The van der Waals surface area contributed by atoms with Gasteiger partial charge in [-0.2, -0.15) is 0 Å². The SMILES string of the molecule is COc1cccc(CN2CCN(C(=O)[C@H]3CC[C@H](Cn4c(=O)[nH]c5ccccc5c4=O)CC3)CC2)c1. The van der Waals surface area contributed by atoms with Crippen LogP contribution in [0.25, 0.3) is 10.9 Å². The number of nitrogens with zero attached hydrogens (tertiary/aromatic N) is 3. The number of hydrogen-bond acceptors (Lipinski definition) is 5. The van der Waals surface area contributed by atoms with Crippen molar-refractivity contribution in [2.45, 2.75) is 38.8 Å². The Hall–Kier alpha value is -3.39. The zero-order chi connectivity index (χ0) is 25.1. The molecule has 3 aromatic rings. The van der Waals surface area contributed by atoms with Crippen molar-refractivity contribution in [1.29, 1.82) is 0 Å². The molecule has 2 aromatic carbocycles. The van der Waals surface area contributed by atoms with Crippen LogP contribution >= 0.6 is 0 Å². The van der Waals surface area contributed by atoms with Crippen LogP contribution in [0, 0.1) is 11.8 Å². The van der Waals surface area contributed by atoms with Crippen LogP contribution in [0.4, 0.5) is 0 Å². The molecule has 0 unspecified atom stereocenters. The smallest absolute Gasteiger partial charge is 0.328 e. The molecule has 0 bridgehead atoms. The summed E-state index contributed by atoms with van der Waals surface area (Å²) in [5.74, 6) is 1.40. The maximum absolute atomic E-state index is 13.2. The first-order valence-corrected chi connectivity index (χ1v) is 12.9. The molecule has 0 atom stereocenters. The van der Waals surface area contributed by atoms with Gasteiger partial charge in [-0.05, 0) is 61.4 Å². The van der Waals surface area contributed by atoms with E-state index in [0.717, 1.165) is 64.2 Å². The van der Waals surface area contributed by atoms with E-state index in [-0.39, 0.29) is 29.0 Å². The number of aromatic nitrogens is 2. The van der Waals surface area contributed by atoms with E-state index < -0.39 is 0 Å². The van der Waals surface area contributed by atoms with Crippen molar-refractivity contribution >= 4 is 16.8 Å². The molecular formula is C28H34N4O4. The van der Waals surface area contributed by atoms with Crippen LogP contribution in [0.3, 0.4) is 0 Å². The Morgan fingerprint density at radius 1 is 0.972 bits per heavy atom. The van der Waals surface area contributed by atoms with Gasteiger partial charge in [-0.15, -0.1) is 0 Å². The lowest BCUT2D eigenvalue weighted by atomic mass is 9.81. The summed E-state index contributed by atoms with van der Waals surface area (Å²) < 4.78 is 6.65. The minimum Gasteiger partial charge on any atom is -0.497 e. The van der Waals surface area contributed by atoms with Gasteiger partial charge < -0.3 is 14.6 Å². The summed E-state index contributed by atoms with van der Waals surface area (Å²) in [6.07, 6.45) is 3.33. The average Bonchev–Trinajstić information content (AvgIpc) is 2.91. The van der Waals surface area contributed by atoms with Crippen molar-refractivity contribution in [2.24, 2.45) is 11.8 Å². The fourth-order valence-electron chi connectivity index (χ4n) is 5.63. The number of carbonyl (C=O) groups is 1. The summed E-state index contributed by atoms with van der Waals surface area (Å²) in [6.45, 7) is 4.51. The number of carbonyl (C=O) groups excluding carboxylic acids is 1. The molecule has 1 aliphatic carbocycles. The zero-order valence-corrected chi connectivity index (χ0v) is 20.8. The maximum atomic E-state index is 13.2. The lowest BCUT2D eigenvalue weighted by molar-refractivity contribution is -0.138. The first-order valence-electron chi connectivity index (χ1n) is 12.9. The van der Waals surface area contributed by atoms with Gasteiger partial charge >= 0.3 is 5.69 Å². The molecule has 8 heteroatoms. The van der Waals surface area contributed by atoms with Gasteiger partial charge in [0.2, 0.25) is 5.91 Å². The van der Waals surface area contributed by atoms with Crippen LogP contribution in [-0.4, -0.2) is 58.5 Å². The van der Waals surface area contributed by atoms with E-state index in [9.17, 15) is 14.4 Å². The van der Waals surface area contributed by atoms with E-state index in [1.807, 2.05) is 23.1 Å². The van der Waals surface area contributed by atoms with E-state index in [4.69, 9.17) is 4.74 Å². The minimum absolute atomic E-state index is 0.0396. The number of hydrogen-bond donors (Lipinski definition) is 1. The third-order valence-electron chi connectivity index (χ3n) is 7.75. The van der Waals surface area contributed by atoms with Crippen LogP contribution in [-0.2, 0) is 17.9 Å². The van der Waals surface area contributed by atoms with Gasteiger partial charge in [0.25, 0.3) is 5.56 Å². The molecule has 1 saturated carbocycles. The Kier molecular flexibility index (Phi) is 7.23. The summed E-state index contributed by atoms with van der Waals surface area (Å²) in [7, 11) is 1.68. The highest BCUT2D eigenvalue weighted by Gasteiger charge is 2.31. The first-order chi connectivity index (χ1) is 17.5. The second-order valence-corrected chi connectivity index (χ2v) is 10.1. The van der Waals surface area contributed by atoms with Crippen molar-refractivity contribution in [2.75, 3.05) is 33.3 Å². The molecule has 1 saturated heterocycles. The number of para-hydroxylation sites is 1. The molecular weight excluding hydrogens is 456 g/mol. The lowest BCUT2D eigenvalue weighted by Gasteiger charge is -2.38. The average molecular weight is 491 g/mol. The summed E-state index contributed by atoms with van der Waals surface area (Å²) >= 11 is 0. The third-order valence-corrected chi connectivity index (χ3v) is 7.75. The van der Waals surface area contributed by atoms with E-state index in [0.29, 0.717) is 17.4 Å². The minimum atomic E-state index is -0.358. The summed E-state index contributed by atoms with van der Waals surface area (Å²) in [6, 6.07) is 15.2. The Labute approximate surface area is 210 Å². The predicted octanol–water partition coefficient (Wildman–Crippen LogP) is 2.85. The Morgan fingerprint density at radius 3 is 2.47 bits per heavy atom. The molecule has 1 N–H and O–H groups in total. The van der Waals surface area contributed by atoms with Crippen molar-refractivity contribution in [3.8, 4) is 5.75 Å². The van der Waals surface area contributed by atoms with Gasteiger partial charge in [-0.3, -0.25) is 19.1 Å². The number of H-pyrrole nitrogens is 1. The third kappa shape index (κ3) is 5.23. The number of ether oxygens (including phenoxy) is 1. The van der Waals surface area contributed by atoms with Crippen molar-refractivity contribution in [3.63, 3.8) is 0 Å². The number of rotatable bonds is 6. The normalized spacial score (nSPS) is 21.0. The van der Waals surface area contributed by atoms with Gasteiger partial charge in [-0.1, -0.05) is 24.3 Å². The van der Waals surface area contributed by atoms with Crippen molar-refractivity contribution < 1.29 is 9.53 Å². The van der Waals surface area contributed by atoms with Crippen LogP contribution in [0.1, 0.15) is 31.2 Å². The number of benzene rings is 2. The monoisotopic (exact) mass is 490 g/mol. The summed E-state index contributed by atoms with van der Waals surface area (Å²) in [4.78, 5) is 45.8. The van der Waals surface area contributed by atoms with Gasteiger partial charge in [0, 0.05) is 45.2 Å². The first kappa shape index (κ1) is 24.3. The molecule has 0 radical (unpaired) electrons. The zero-order valence-electron chi connectivity index (χ0n) is 20.8. The predicted molar refractivity (Wildman–Crippen MR) is 139 cm³/mol. The van der Waals surface area contributed by atoms with Crippen LogP contribution < -0.4 is 16.0 Å². The highest BCUT2D eigenvalue weighted by molar-refractivity contribution is 5.79. The molecule has 8 nitrogen and oxygen atoms in total. The van der Waals surface area contributed by atoms with Crippen LogP contribution in [0.5, 0.6) is 5.75 Å². The number of methoxy groups -OCH3 is 1. The fraction of sp³-hybridized carbons (Fsp3) is 0.464. The second-order valence-electron chi connectivity index (χ2n) is 10.1. The molecule has 1 aliphatic heterocycles.